The van der Waals surface area contributed by atoms with E-state index in [0.29, 0.717) is 0 Å². The van der Waals surface area contributed by atoms with Crippen molar-refractivity contribution in [3.63, 3.8) is 0 Å². The van der Waals surface area contributed by atoms with Crippen LogP contribution in [-0.2, 0) is 9.31 Å². The lowest BCUT2D eigenvalue weighted by atomic mass is 9.78. The summed E-state index contributed by atoms with van der Waals surface area (Å²) in [5, 5.41) is 12.5. The molecule has 1 amide bonds. The Bertz CT molecular complexity index is 1030. The second kappa shape index (κ2) is 10.1. The molecule has 5 nitrogen and oxygen atoms in total. The minimum atomic E-state index is -3.96. The summed E-state index contributed by atoms with van der Waals surface area (Å²) < 4.78 is 72.4. The van der Waals surface area contributed by atoms with Crippen LogP contribution in [0, 0.1) is 11.6 Å². The lowest BCUT2D eigenvalue weighted by Gasteiger charge is -2.32. The Labute approximate surface area is 199 Å². The highest BCUT2D eigenvalue weighted by molar-refractivity contribution is 6.62. The molecule has 0 aromatic heterocycles. The maximum absolute atomic E-state index is 14.7. The highest BCUT2D eigenvalue weighted by Crippen LogP contribution is 2.37. The quantitative estimate of drug-likeness (QED) is 0.405. The average Bonchev–Trinajstić information content (AvgIpc) is 2.93. The molecular weight excluding hydrogens is 484 g/mol. The molecule has 1 heterocycles. The number of amides is 1. The predicted molar refractivity (Wildman–Crippen MR) is 119 cm³/mol. The standard InChI is InChI=1S/C19H19BClF2NO4.C3H5F3/c1-18(2)19(3,4)28-20(27-18)11-9-15(25)10(8-14(11)23)17(26)24-16-12(21)6-5-7-13(16)22;1-2-3(4,5)6/h5-9,25H,1-4H3,(H,24,26);2H2,1H3. The zero-order chi connectivity index (χ0) is 26.1. The number of para-hydroxylation sites is 1. The number of anilines is 1. The third kappa shape index (κ3) is 6.40. The molecule has 12 heteroatoms. The van der Waals surface area contributed by atoms with Gasteiger partial charge in [-0.1, -0.05) is 24.6 Å². The van der Waals surface area contributed by atoms with E-state index in [1.165, 1.54) is 12.1 Å². The van der Waals surface area contributed by atoms with Crippen LogP contribution in [0.3, 0.4) is 0 Å². The van der Waals surface area contributed by atoms with Crippen LogP contribution in [-0.4, -0.2) is 35.5 Å². The molecule has 2 N–H and O–H groups in total. The van der Waals surface area contributed by atoms with Gasteiger partial charge in [0.25, 0.3) is 5.91 Å². The minimum Gasteiger partial charge on any atom is -0.507 e. The molecule has 2 aromatic carbocycles. The maximum atomic E-state index is 14.7. The van der Waals surface area contributed by atoms with E-state index in [9.17, 15) is 31.9 Å². The highest BCUT2D eigenvalue weighted by atomic mass is 35.5. The molecule has 1 fully saturated rings. The Kier molecular flexibility index (Phi) is 8.27. The van der Waals surface area contributed by atoms with Crippen LogP contribution in [0.1, 0.15) is 51.4 Å². The van der Waals surface area contributed by atoms with E-state index < -0.39 is 54.2 Å². The first-order chi connectivity index (χ1) is 15.5. The molecule has 1 saturated heterocycles. The van der Waals surface area contributed by atoms with Crippen molar-refractivity contribution in [3.05, 3.63) is 52.6 Å². The molecule has 0 spiro atoms. The van der Waals surface area contributed by atoms with Gasteiger partial charge in [-0.3, -0.25) is 4.79 Å². The normalized spacial score (nSPS) is 16.6. The van der Waals surface area contributed by atoms with Crippen molar-refractivity contribution < 1.29 is 41.2 Å². The van der Waals surface area contributed by atoms with E-state index >= 15 is 0 Å². The van der Waals surface area contributed by atoms with Gasteiger partial charge in [0, 0.05) is 11.9 Å². The van der Waals surface area contributed by atoms with Crippen molar-refractivity contribution in [2.24, 2.45) is 0 Å². The van der Waals surface area contributed by atoms with E-state index in [1.807, 2.05) is 27.7 Å². The fourth-order valence-electron chi connectivity index (χ4n) is 2.71. The predicted octanol–water partition coefficient (Wildman–Crippen LogP) is 5.83. The first-order valence-electron chi connectivity index (χ1n) is 10.2. The number of phenols is 1. The van der Waals surface area contributed by atoms with Crippen LogP contribution in [0.15, 0.2) is 30.3 Å². The molecule has 34 heavy (non-hydrogen) atoms. The molecule has 3 rings (SSSR count). The lowest BCUT2D eigenvalue weighted by molar-refractivity contribution is -0.130. The molecule has 1 aliphatic rings. The second-order valence-corrected chi connectivity index (χ2v) is 8.91. The number of hydrogen-bond donors (Lipinski definition) is 2. The van der Waals surface area contributed by atoms with Gasteiger partial charge >= 0.3 is 13.3 Å². The Balaban J connectivity index is 0.000000604. The minimum absolute atomic E-state index is 0.0258. The smallest absolute Gasteiger partial charge is 0.497 e. The van der Waals surface area contributed by atoms with Crippen LogP contribution in [0.2, 0.25) is 5.02 Å². The summed E-state index contributed by atoms with van der Waals surface area (Å²) in [6.07, 6.45) is -4.69. The SMILES string of the molecule is CC1(C)OB(c2cc(O)c(C(=O)Nc3c(F)cccc3Cl)cc2F)OC1(C)C.CCC(F)(F)F. The number of rotatable bonds is 3. The number of carbonyl (C=O) groups excluding carboxylic acids is 1. The van der Waals surface area contributed by atoms with E-state index in [2.05, 4.69) is 5.32 Å². The summed E-state index contributed by atoms with van der Waals surface area (Å²) in [6.45, 7) is 8.32. The van der Waals surface area contributed by atoms with Gasteiger partial charge in [-0.25, -0.2) is 8.78 Å². The number of benzene rings is 2. The van der Waals surface area contributed by atoms with Crippen LogP contribution >= 0.6 is 11.6 Å². The summed E-state index contributed by atoms with van der Waals surface area (Å²) in [6, 6.07) is 5.80. The van der Waals surface area contributed by atoms with Crippen LogP contribution in [0.4, 0.5) is 27.6 Å². The summed E-state index contributed by atoms with van der Waals surface area (Å²) in [5.41, 5.74) is -2.08. The zero-order valence-corrected chi connectivity index (χ0v) is 19.9. The Hall–Kier alpha value is -2.37. The van der Waals surface area contributed by atoms with Gasteiger partial charge in [0.15, 0.2) is 0 Å². The summed E-state index contributed by atoms with van der Waals surface area (Å²) in [5.74, 6) is -2.98. The fourth-order valence-corrected chi connectivity index (χ4v) is 2.92. The first kappa shape index (κ1) is 27.9. The number of nitrogens with one attached hydrogen (secondary N) is 1. The molecule has 2 aromatic rings. The van der Waals surface area contributed by atoms with Crippen molar-refractivity contribution in [1.82, 2.24) is 0 Å². The zero-order valence-electron chi connectivity index (χ0n) is 19.1. The maximum Gasteiger partial charge on any atom is 0.497 e. The molecule has 0 atom stereocenters. The monoisotopic (exact) mass is 507 g/mol. The van der Waals surface area contributed by atoms with Crippen LogP contribution in [0.5, 0.6) is 5.75 Å². The van der Waals surface area contributed by atoms with Gasteiger partial charge in [-0.2, -0.15) is 13.2 Å². The third-order valence-electron chi connectivity index (χ3n) is 5.47. The highest BCUT2D eigenvalue weighted by Gasteiger charge is 2.52. The number of halogens is 6. The molecule has 1 aliphatic heterocycles. The van der Waals surface area contributed by atoms with Gasteiger partial charge in [-0.05, 0) is 52.0 Å². The van der Waals surface area contributed by atoms with Crippen molar-refractivity contribution in [3.8, 4) is 5.75 Å². The molecule has 186 valence electrons. The van der Waals surface area contributed by atoms with Crippen molar-refractivity contribution in [2.75, 3.05) is 5.32 Å². The third-order valence-corrected chi connectivity index (χ3v) is 5.78. The summed E-state index contributed by atoms with van der Waals surface area (Å²) in [4.78, 5) is 12.4. The second-order valence-electron chi connectivity index (χ2n) is 8.50. The van der Waals surface area contributed by atoms with E-state index in [0.717, 1.165) is 25.1 Å². The number of aromatic hydroxyl groups is 1. The van der Waals surface area contributed by atoms with Gasteiger partial charge in [-0.15, -0.1) is 0 Å². The number of phenolic OH excluding ortho intramolecular Hbond substituents is 1. The summed E-state index contributed by atoms with van der Waals surface area (Å²) in [7, 11) is -1.05. The largest absolute Gasteiger partial charge is 0.507 e. The van der Waals surface area contributed by atoms with E-state index in [-0.39, 0.29) is 21.7 Å². The van der Waals surface area contributed by atoms with Crippen molar-refractivity contribution in [1.29, 1.82) is 0 Å². The van der Waals surface area contributed by atoms with Gasteiger partial charge in [0.05, 0.1) is 27.5 Å². The Morgan fingerprint density at radius 1 is 1.09 bits per heavy atom. The average molecular weight is 508 g/mol. The van der Waals surface area contributed by atoms with Crippen molar-refractivity contribution in [2.45, 2.75) is 58.4 Å². The van der Waals surface area contributed by atoms with E-state index in [1.54, 1.807) is 0 Å². The summed E-state index contributed by atoms with van der Waals surface area (Å²) >= 11 is 5.87. The fraction of sp³-hybridized carbons (Fsp3) is 0.409. The van der Waals surface area contributed by atoms with Gasteiger partial charge in [0.1, 0.15) is 17.4 Å². The first-order valence-corrected chi connectivity index (χ1v) is 10.6. The van der Waals surface area contributed by atoms with Gasteiger partial charge < -0.3 is 19.7 Å². The molecule has 0 radical (unpaired) electrons. The van der Waals surface area contributed by atoms with Crippen molar-refractivity contribution >= 4 is 35.8 Å². The Morgan fingerprint density at radius 2 is 1.62 bits per heavy atom. The van der Waals surface area contributed by atoms with Gasteiger partial charge in [0.2, 0.25) is 0 Å². The molecular formula is C22H24BClF5NO4. The number of carbonyl (C=O) groups is 1. The lowest BCUT2D eigenvalue weighted by Crippen LogP contribution is -2.41. The topological polar surface area (TPSA) is 67.8 Å². The van der Waals surface area contributed by atoms with Crippen LogP contribution < -0.4 is 10.8 Å². The van der Waals surface area contributed by atoms with Crippen LogP contribution in [0.25, 0.3) is 0 Å². The molecule has 0 bridgehead atoms. The van der Waals surface area contributed by atoms with E-state index in [4.69, 9.17) is 20.9 Å². The molecule has 0 unspecified atom stereocenters. The molecule has 0 saturated carbocycles. The number of alkyl halides is 3. The molecule has 0 aliphatic carbocycles. The number of hydrogen-bond acceptors (Lipinski definition) is 4. The Morgan fingerprint density at radius 3 is 2.09 bits per heavy atom.